The third-order valence-electron chi connectivity index (χ3n) is 2.86. The Kier molecular flexibility index (Phi) is 3.67. The van der Waals surface area contributed by atoms with E-state index in [1.807, 2.05) is 24.3 Å². The first kappa shape index (κ1) is 13.5. The first-order valence-corrected chi connectivity index (χ1v) is 7.49. The van der Waals surface area contributed by atoms with Gasteiger partial charge in [-0.15, -0.1) is 5.10 Å². The van der Waals surface area contributed by atoms with Crippen LogP contribution in [0.25, 0.3) is 11.4 Å². The summed E-state index contributed by atoms with van der Waals surface area (Å²) in [4.78, 5) is 15.5. The van der Waals surface area contributed by atoms with Crippen LogP contribution in [0.3, 0.4) is 0 Å². The van der Waals surface area contributed by atoms with Crippen LogP contribution in [0.4, 0.5) is 0 Å². The van der Waals surface area contributed by atoms with Gasteiger partial charge in [0.05, 0.1) is 11.6 Å². The summed E-state index contributed by atoms with van der Waals surface area (Å²) in [5.41, 5.74) is 0.806. The standard InChI is InChI=1S/C13H12ClN3O2S/c1-8(18)19-9-6-17-13(20-7-9)15-12(16-17)10-4-2-3-5-11(10)14/h2-5,9H,6-7H2,1H3. The molecule has 1 aromatic carbocycles. The maximum Gasteiger partial charge on any atom is 0.302 e. The van der Waals surface area contributed by atoms with Crippen molar-refractivity contribution < 1.29 is 9.53 Å². The van der Waals surface area contributed by atoms with E-state index < -0.39 is 0 Å². The number of carbonyl (C=O) groups is 1. The number of rotatable bonds is 2. The molecule has 0 bridgehead atoms. The molecule has 0 saturated heterocycles. The van der Waals surface area contributed by atoms with Crippen LogP contribution in [0, 0.1) is 0 Å². The second-order valence-electron chi connectivity index (χ2n) is 4.42. The Morgan fingerprint density at radius 2 is 2.30 bits per heavy atom. The molecule has 0 amide bonds. The van der Waals surface area contributed by atoms with E-state index >= 15 is 0 Å². The third-order valence-corrected chi connectivity index (χ3v) is 4.29. The van der Waals surface area contributed by atoms with Gasteiger partial charge in [-0.3, -0.25) is 4.79 Å². The van der Waals surface area contributed by atoms with Crippen LogP contribution in [-0.2, 0) is 16.1 Å². The van der Waals surface area contributed by atoms with Gasteiger partial charge in [-0.1, -0.05) is 35.5 Å². The second kappa shape index (κ2) is 5.46. The number of halogens is 1. The molecule has 104 valence electrons. The maximum atomic E-state index is 11.0. The van der Waals surface area contributed by atoms with Crippen molar-refractivity contribution in [3.05, 3.63) is 29.3 Å². The van der Waals surface area contributed by atoms with Crippen LogP contribution < -0.4 is 0 Å². The Labute approximate surface area is 125 Å². The Hall–Kier alpha value is -1.53. The lowest BCUT2D eigenvalue weighted by atomic mass is 10.2. The average molecular weight is 310 g/mol. The summed E-state index contributed by atoms with van der Waals surface area (Å²) in [6.07, 6.45) is -0.161. The van der Waals surface area contributed by atoms with E-state index in [-0.39, 0.29) is 12.1 Å². The Balaban J connectivity index is 1.87. The molecule has 2 heterocycles. The maximum absolute atomic E-state index is 11.0. The van der Waals surface area contributed by atoms with Crippen LogP contribution >= 0.6 is 23.4 Å². The van der Waals surface area contributed by atoms with E-state index in [4.69, 9.17) is 16.3 Å². The number of ether oxygens (including phenoxy) is 1. The third kappa shape index (κ3) is 2.66. The topological polar surface area (TPSA) is 57.0 Å². The lowest BCUT2D eigenvalue weighted by molar-refractivity contribution is -0.146. The minimum Gasteiger partial charge on any atom is -0.460 e. The minimum absolute atomic E-state index is 0.161. The van der Waals surface area contributed by atoms with Gasteiger partial charge >= 0.3 is 5.97 Å². The summed E-state index contributed by atoms with van der Waals surface area (Å²) in [7, 11) is 0. The van der Waals surface area contributed by atoms with E-state index in [9.17, 15) is 4.79 Å². The summed E-state index contributed by atoms with van der Waals surface area (Å²) in [6, 6.07) is 7.47. The van der Waals surface area contributed by atoms with Crippen molar-refractivity contribution in [2.45, 2.75) is 24.7 Å². The van der Waals surface area contributed by atoms with Crippen LogP contribution in [0.1, 0.15) is 6.92 Å². The molecule has 0 spiro atoms. The monoisotopic (exact) mass is 309 g/mol. The molecule has 1 unspecified atom stereocenters. The quantitative estimate of drug-likeness (QED) is 0.798. The number of esters is 1. The molecule has 7 heteroatoms. The van der Waals surface area contributed by atoms with Crippen LogP contribution in [0.2, 0.25) is 5.02 Å². The van der Waals surface area contributed by atoms with Crippen molar-refractivity contribution >= 4 is 29.3 Å². The van der Waals surface area contributed by atoms with Gasteiger partial charge < -0.3 is 4.74 Å². The Morgan fingerprint density at radius 3 is 3.05 bits per heavy atom. The van der Waals surface area contributed by atoms with E-state index in [1.165, 1.54) is 18.7 Å². The molecule has 2 aromatic rings. The van der Waals surface area contributed by atoms with E-state index in [2.05, 4.69) is 10.1 Å². The molecule has 0 N–H and O–H groups in total. The zero-order valence-electron chi connectivity index (χ0n) is 10.7. The molecule has 1 atom stereocenters. The molecular weight excluding hydrogens is 298 g/mol. The Bertz CT molecular complexity index is 659. The van der Waals surface area contributed by atoms with Crippen molar-refractivity contribution in [1.82, 2.24) is 14.8 Å². The van der Waals surface area contributed by atoms with E-state index in [1.54, 1.807) is 4.68 Å². The van der Waals surface area contributed by atoms with Crippen molar-refractivity contribution in [3.8, 4) is 11.4 Å². The van der Waals surface area contributed by atoms with Crippen LogP contribution in [0.5, 0.6) is 0 Å². The van der Waals surface area contributed by atoms with Gasteiger partial charge in [-0.25, -0.2) is 9.67 Å². The number of hydrogen-bond acceptors (Lipinski definition) is 5. The van der Waals surface area contributed by atoms with Gasteiger partial charge in [0.2, 0.25) is 0 Å². The van der Waals surface area contributed by atoms with Crippen molar-refractivity contribution in [1.29, 1.82) is 0 Å². The molecule has 0 fully saturated rings. The summed E-state index contributed by atoms with van der Waals surface area (Å²) in [5.74, 6) is 1.02. The molecule has 0 aliphatic carbocycles. The number of aromatic nitrogens is 3. The normalized spacial score (nSPS) is 17.6. The summed E-state index contributed by atoms with van der Waals surface area (Å²) < 4.78 is 6.98. The molecule has 20 heavy (non-hydrogen) atoms. The molecule has 1 aliphatic heterocycles. The van der Waals surface area contributed by atoms with Gasteiger partial charge in [-0.05, 0) is 12.1 Å². The minimum atomic E-state index is -0.273. The number of hydrogen-bond donors (Lipinski definition) is 0. The fourth-order valence-electron chi connectivity index (χ4n) is 2.03. The predicted octanol–water partition coefficient (Wildman–Crippen LogP) is 2.64. The summed E-state index contributed by atoms with van der Waals surface area (Å²) in [5, 5.41) is 5.89. The van der Waals surface area contributed by atoms with Gasteiger partial charge in [0.15, 0.2) is 11.0 Å². The molecule has 5 nitrogen and oxygen atoms in total. The number of nitrogens with zero attached hydrogens (tertiary/aromatic N) is 3. The molecule has 1 aliphatic rings. The van der Waals surface area contributed by atoms with E-state index in [0.717, 1.165) is 10.7 Å². The molecule has 3 rings (SSSR count). The Morgan fingerprint density at radius 1 is 1.50 bits per heavy atom. The van der Waals surface area contributed by atoms with Crippen molar-refractivity contribution in [2.75, 3.05) is 5.75 Å². The molecular formula is C13H12ClN3O2S. The number of carbonyl (C=O) groups excluding carboxylic acids is 1. The second-order valence-corrected chi connectivity index (χ2v) is 5.82. The van der Waals surface area contributed by atoms with Gasteiger partial charge in [-0.2, -0.15) is 0 Å². The number of fused-ring (bicyclic) bond motifs is 1. The van der Waals surface area contributed by atoms with Gasteiger partial charge in [0, 0.05) is 18.2 Å². The first-order valence-electron chi connectivity index (χ1n) is 6.13. The zero-order valence-corrected chi connectivity index (χ0v) is 12.3. The van der Waals surface area contributed by atoms with Gasteiger partial charge in [0.1, 0.15) is 6.10 Å². The fourth-order valence-corrected chi connectivity index (χ4v) is 3.17. The highest BCUT2D eigenvalue weighted by Crippen LogP contribution is 2.30. The highest BCUT2D eigenvalue weighted by Gasteiger charge is 2.25. The number of thioether (sulfide) groups is 1. The van der Waals surface area contributed by atoms with Crippen LogP contribution in [0.15, 0.2) is 29.4 Å². The van der Waals surface area contributed by atoms with E-state index in [0.29, 0.717) is 23.1 Å². The lowest BCUT2D eigenvalue weighted by Gasteiger charge is -2.21. The molecule has 0 radical (unpaired) electrons. The summed E-state index contributed by atoms with van der Waals surface area (Å²) >= 11 is 7.68. The predicted molar refractivity (Wildman–Crippen MR) is 76.7 cm³/mol. The molecule has 1 aromatic heterocycles. The smallest absolute Gasteiger partial charge is 0.302 e. The fraction of sp³-hybridized carbons (Fsp3) is 0.308. The van der Waals surface area contributed by atoms with Crippen molar-refractivity contribution in [2.24, 2.45) is 0 Å². The lowest BCUT2D eigenvalue weighted by Crippen LogP contribution is -2.29. The van der Waals surface area contributed by atoms with Crippen molar-refractivity contribution in [3.63, 3.8) is 0 Å². The number of benzene rings is 1. The average Bonchev–Trinajstić information content (AvgIpc) is 2.81. The van der Waals surface area contributed by atoms with Crippen LogP contribution in [-0.4, -0.2) is 32.6 Å². The van der Waals surface area contributed by atoms with Gasteiger partial charge in [0.25, 0.3) is 0 Å². The highest BCUT2D eigenvalue weighted by molar-refractivity contribution is 7.99. The largest absolute Gasteiger partial charge is 0.460 e. The first-order chi connectivity index (χ1) is 9.63. The zero-order chi connectivity index (χ0) is 14.1. The SMILES string of the molecule is CC(=O)OC1CSc2nc(-c3ccccc3Cl)nn2C1. The summed E-state index contributed by atoms with van der Waals surface area (Å²) in [6.45, 7) is 1.94. The highest BCUT2D eigenvalue weighted by atomic mass is 35.5. The molecule has 0 saturated carbocycles.